The highest BCUT2D eigenvalue weighted by Crippen LogP contribution is 2.20. The molecule has 25 heavy (non-hydrogen) atoms. The molecule has 130 valence electrons. The van der Waals surface area contributed by atoms with Gasteiger partial charge in [0.2, 0.25) is 11.8 Å². The van der Waals surface area contributed by atoms with E-state index in [1.807, 2.05) is 52.0 Å². The van der Waals surface area contributed by atoms with Gasteiger partial charge in [-0.2, -0.15) is 0 Å². The number of hydrogen-bond donors (Lipinski definition) is 2. The van der Waals surface area contributed by atoms with E-state index in [4.69, 9.17) is 0 Å². The summed E-state index contributed by atoms with van der Waals surface area (Å²) < 4.78 is 0. The van der Waals surface area contributed by atoms with Crippen LogP contribution in [0.15, 0.2) is 54.6 Å². The Hall–Kier alpha value is -2.88. The van der Waals surface area contributed by atoms with Gasteiger partial charge in [0.05, 0.1) is 0 Å². The van der Waals surface area contributed by atoms with Gasteiger partial charge in [0.15, 0.2) is 0 Å². The normalized spacial score (nSPS) is 11.4. The highest BCUT2D eigenvalue weighted by Gasteiger charge is 2.21. The zero-order chi connectivity index (χ0) is 18.4. The van der Waals surface area contributed by atoms with Gasteiger partial charge in [-0.25, -0.2) is 0 Å². The minimum atomic E-state index is -0.476. The zero-order valence-corrected chi connectivity index (χ0v) is 15.1. The van der Waals surface area contributed by atoms with E-state index in [2.05, 4.69) is 10.6 Å². The fourth-order valence-electron chi connectivity index (χ4n) is 2.03. The predicted molar refractivity (Wildman–Crippen MR) is 103 cm³/mol. The third-order valence-corrected chi connectivity index (χ3v) is 3.57. The molecule has 2 aromatic carbocycles. The lowest BCUT2D eigenvalue weighted by Gasteiger charge is -2.18. The molecule has 2 amide bonds. The zero-order valence-electron chi connectivity index (χ0n) is 15.1. The number of amides is 2. The molecule has 0 spiro atoms. The Bertz CT molecular complexity index is 784. The van der Waals surface area contributed by atoms with Crippen molar-refractivity contribution >= 4 is 29.3 Å². The summed E-state index contributed by atoms with van der Waals surface area (Å²) in [6.07, 6.45) is 3.26. The van der Waals surface area contributed by atoms with Crippen LogP contribution >= 0.6 is 0 Å². The molecule has 0 aliphatic carbocycles. The third kappa shape index (κ3) is 5.92. The van der Waals surface area contributed by atoms with Crippen LogP contribution in [0.2, 0.25) is 0 Å². The van der Waals surface area contributed by atoms with Crippen LogP contribution in [-0.4, -0.2) is 11.8 Å². The van der Waals surface area contributed by atoms with Crippen LogP contribution in [0.3, 0.4) is 0 Å². The van der Waals surface area contributed by atoms with Gasteiger partial charge in [0, 0.05) is 22.9 Å². The van der Waals surface area contributed by atoms with Crippen molar-refractivity contribution in [3.63, 3.8) is 0 Å². The van der Waals surface area contributed by atoms with E-state index >= 15 is 0 Å². The molecule has 0 aromatic heterocycles. The van der Waals surface area contributed by atoms with Crippen molar-refractivity contribution in [2.45, 2.75) is 27.7 Å². The molecule has 0 saturated heterocycles. The lowest BCUT2D eigenvalue weighted by Crippen LogP contribution is -2.27. The number of carbonyl (C=O) groups is 2. The average molecular weight is 336 g/mol. The first-order chi connectivity index (χ1) is 11.7. The molecule has 2 aromatic rings. The molecule has 0 unspecified atom stereocenters. The largest absolute Gasteiger partial charge is 0.326 e. The van der Waals surface area contributed by atoms with Crippen LogP contribution in [0, 0.1) is 12.3 Å². The SMILES string of the molecule is Cc1ccc(/C=C/C(=O)Nc2cccc(NC(=O)C(C)(C)C)c2)cc1. The van der Waals surface area contributed by atoms with E-state index in [9.17, 15) is 9.59 Å². The maximum atomic E-state index is 12.1. The van der Waals surface area contributed by atoms with E-state index in [1.54, 1.807) is 30.3 Å². The van der Waals surface area contributed by atoms with Crippen molar-refractivity contribution in [2.75, 3.05) is 10.6 Å². The summed E-state index contributed by atoms with van der Waals surface area (Å²) in [6.45, 7) is 7.57. The van der Waals surface area contributed by atoms with Gasteiger partial charge in [0.25, 0.3) is 0 Å². The van der Waals surface area contributed by atoms with Crippen molar-refractivity contribution in [3.05, 3.63) is 65.7 Å². The Morgan fingerprint density at radius 2 is 1.52 bits per heavy atom. The fraction of sp³-hybridized carbons (Fsp3) is 0.238. The van der Waals surface area contributed by atoms with Crippen molar-refractivity contribution in [3.8, 4) is 0 Å². The summed E-state index contributed by atoms with van der Waals surface area (Å²) in [5.41, 5.74) is 2.95. The minimum Gasteiger partial charge on any atom is -0.326 e. The molecule has 0 radical (unpaired) electrons. The van der Waals surface area contributed by atoms with Gasteiger partial charge in [-0.3, -0.25) is 9.59 Å². The molecule has 4 nitrogen and oxygen atoms in total. The number of anilines is 2. The molecule has 0 aliphatic rings. The second-order valence-electron chi connectivity index (χ2n) is 7.02. The van der Waals surface area contributed by atoms with Gasteiger partial charge < -0.3 is 10.6 Å². The Balaban J connectivity index is 2.00. The second kappa shape index (κ2) is 7.79. The average Bonchev–Trinajstić information content (AvgIpc) is 2.54. The number of hydrogen-bond acceptors (Lipinski definition) is 2. The van der Waals surface area contributed by atoms with Crippen molar-refractivity contribution < 1.29 is 9.59 Å². The molecule has 4 heteroatoms. The Morgan fingerprint density at radius 1 is 0.920 bits per heavy atom. The Morgan fingerprint density at radius 3 is 2.12 bits per heavy atom. The first-order valence-electron chi connectivity index (χ1n) is 8.21. The molecule has 0 fully saturated rings. The molecule has 2 N–H and O–H groups in total. The standard InChI is InChI=1S/C21H24N2O2/c1-15-8-10-16(11-9-15)12-13-19(24)22-17-6-5-7-18(14-17)23-20(25)21(2,3)4/h5-14H,1-4H3,(H,22,24)(H,23,25)/b13-12+. The van der Waals surface area contributed by atoms with E-state index in [-0.39, 0.29) is 11.8 Å². The van der Waals surface area contributed by atoms with E-state index in [0.717, 1.165) is 5.56 Å². The molecule has 0 atom stereocenters. The highest BCUT2D eigenvalue weighted by atomic mass is 16.2. The smallest absolute Gasteiger partial charge is 0.248 e. The lowest BCUT2D eigenvalue weighted by atomic mass is 9.95. The van der Waals surface area contributed by atoms with Gasteiger partial charge in [-0.1, -0.05) is 56.7 Å². The van der Waals surface area contributed by atoms with E-state index in [1.165, 1.54) is 11.6 Å². The van der Waals surface area contributed by atoms with Crippen molar-refractivity contribution in [1.29, 1.82) is 0 Å². The fourth-order valence-corrected chi connectivity index (χ4v) is 2.03. The summed E-state index contributed by atoms with van der Waals surface area (Å²) in [5.74, 6) is -0.296. The van der Waals surface area contributed by atoms with Crippen molar-refractivity contribution in [1.82, 2.24) is 0 Å². The number of benzene rings is 2. The van der Waals surface area contributed by atoms with Gasteiger partial charge in [-0.15, -0.1) is 0 Å². The maximum absolute atomic E-state index is 12.1. The number of carbonyl (C=O) groups excluding carboxylic acids is 2. The first kappa shape index (κ1) is 18.5. The molecule has 0 saturated carbocycles. The molecular formula is C21H24N2O2. The van der Waals surface area contributed by atoms with Crippen LogP contribution < -0.4 is 10.6 Å². The quantitative estimate of drug-likeness (QED) is 0.800. The van der Waals surface area contributed by atoms with E-state index in [0.29, 0.717) is 11.4 Å². The summed E-state index contributed by atoms with van der Waals surface area (Å²) in [7, 11) is 0. The number of nitrogens with one attached hydrogen (secondary N) is 2. The Kier molecular flexibility index (Phi) is 5.75. The van der Waals surface area contributed by atoms with Crippen LogP contribution in [0.1, 0.15) is 31.9 Å². The van der Waals surface area contributed by atoms with E-state index < -0.39 is 5.41 Å². The van der Waals surface area contributed by atoms with Gasteiger partial charge in [0.1, 0.15) is 0 Å². The first-order valence-corrected chi connectivity index (χ1v) is 8.21. The molecule has 2 rings (SSSR count). The summed E-state index contributed by atoms with van der Waals surface area (Å²) in [4.78, 5) is 24.1. The summed E-state index contributed by atoms with van der Waals surface area (Å²) in [5, 5.41) is 5.65. The van der Waals surface area contributed by atoms with Crippen LogP contribution in [0.25, 0.3) is 6.08 Å². The number of aryl methyl sites for hydroxylation is 1. The van der Waals surface area contributed by atoms with Crippen molar-refractivity contribution in [2.24, 2.45) is 5.41 Å². The van der Waals surface area contributed by atoms with Crippen LogP contribution in [0.5, 0.6) is 0 Å². The lowest BCUT2D eigenvalue weighted by molar-refractivity contribution is -0.123. The van der Waals surface area contributed by atoms with Crippen LogP contribution in [0.4, 0.5) is 11.4 Å². The molecular weight excluding hydrogens is 312 g/mol. The highest BCUT2D eigenvalue weighted by molar-refractivity contribution is 6.02. The second-order valence-corrected chi connectivity index (χ2v) is 7.02. The topological polar surface area (TPSA) is 58.2 Å². The number of rotatable bonds is 4. The van der Waals surface area contributed by atoms with Gasteiger partial charge >= 0.3 is 0 Å². The Labute approximate surface area is 149 Å². The molecule has 0 bridgehead atoms. The van der Waals surface area contributed by atoms with Gasteiger partial charge in [-0.05, 0) is 36.8 Å². The third-order valence-electron chi connectivity index (χ3n) is 3.57. The molecule has 0 heterocycles. The van der Waals surface area contributed by atoms with Crippen LogP contribution in [-0.2, 0) is 9.59 Å². The molecule has 0 aliphatic heterocycles. The monoisotopic (exact) mass is 336 g/mol. The minimum absolute atomic E-state index is 0.0738. The summed E-state index contributed by atoms with van der Waals surface area (Å²) >= 11 is 0. The maximum Gasteiger partial charge on any atom is 0.248 e. The summed E-state index contributed by atoms with van der Waals surface area (Å²) in [6, 6.07) is 15.0. The predicted octanol–water partition coefficient (Wildman–Crippen LogP) is 4.63.